The van der Waals surface area contributed by atoms with E-state index >= 15 is 0 Å². The number of hydrogen-bond donors (Lipinski definition) is 0. The number of fused-ring (bicyclic) bond motifs is 1. The van der Waals surface area contributed by atoms with Crippen LogP contribution < -0.4 is 5.43 Å². The molecule has 0 aliphatic heterocycles. The zero-order valence-electron chi connectivity index (χ0n) is 13.1. The number of aromatic nitrogens is 1. The van der Waals surface area contributed by atoms with Crippen LogP contribution in [0.3, 0.4) is 0 Å². The van der Waals surface area contributed by atoms with Crippen molar-refractivity contribution < 1.29 is 0 Å². The Hall–Kier alpha value is -2.55. The van der Waals surface area contributed by atoms with E-state index in [0.29, 0.717) is 15.4 Å². The molecule has 0 saturated heterocycles. The highest BCUT2D eigenvalue weighted by molar-refractivity contribution is 6.43. The summed E-state index contributed by atoms with van der Waals surface area (Å²) in [6.07, 6.45) is 1.79. The quantitative estimate of drug-likeness (QED) is 0.429. The number of benzene rings is 3. The van der Waals surface area contributed by atoms with Gasteiger partial charge in [0.2, 0.25) is 0 Å². The van der Waals surface area contributed by atoms with E-state index in [4.69, 9.17) is 23.2 Å². The molecule has 0 spiro atoms. The van der Waals surface area contributed by atoms with Crippen molar-refractivity contribution in [1.29, 1.82) is 0 Å². The van der Waals surface area contributed by atoms with Crippen LogP contribution in [-0.4, -0.2) is 4.57 Å². The Balaban J connectivity index is 2.05. The highest BCUT2D eigenvalue weighted by Gasteiger charge is 2.13. The molecule has 4 aromatic rings. The third kappa shape index (κ3) is 2.74. The summed E-state index contributed by atoms with van der Waals surface area (Å²) in [7, 11) is 0. The second kappa shape index (κ2) is 6.40. The van der Waals surface area contributed by atoms with E-state index in [0.717, 1.165) is 22.3 Å². The van der Waals surface area contributed by atoms with Crippen LogP contribution in [0.15, 0.2) is 83.8 Å². The van der Waals surface area contributed by atoms with E-state index in [-0.39, 0.29) is 5.43 Å². The first-order valence-electron chi connectivity index (χ1n) is 7.81. The minimum atomic E-state index is 0.00474. The van der Waals surface area contributed by atoms with Crippen LogP contribution in [-0.2, 0) is 0 Å². The van der Waals surface area contributed by atoms with Crippen molar-refractivity contribution in [2.24, 2.45) is 0 Å². The molecule has 122 valence electrons. The first-order valence-corrected chi connectivity index (χ1v) is 8.56. The Morgan fingerprint density at radius 1 is 0.720 bits per heavy atom. The van der Waals surface area contributed by atoms with Gasteiger partial charge in [-0.15, -0.1) is 0 Å². The Kier molecular flexibility index (Phi) is 4.08. The standard InChI is InChI=1S/C21H13Cl2NO/c22-17-9-5-8-15(21(17)23)14-6-1-3-10-18(14)24-13-12-20(25)16-7-2-4-11-19(16)24/h1-13H. The fraction of sp³-hybridized carbons (Fsp3) is 0. The van der Waals surface area contributed by atoms with E-state index in [1.165, 1.54) is 0 Å². The smallest absolute Gasteiger partial charge is 0.189 e. The van der Waals surface area contributed by atoms with Crippen molar-refractivity contribution in [2.75, 3.05) is 0 Å². The lowest BCUT2D eigenvalue weighted by molar-refractivity contribution is 1.10. The first kappa shape index (κ1) is 15.9. The summed E-state index contributed by atoms with van der Waals surface area (Å²) in [5.74, 6) is 0. The number of rotatable bonds is 2. The van der Waals surface area contributed by atoms with Crippen LogP contribution in [0.5, 0.6) is 0 Å². The molecule has 0 atom stereocenters. The van der Waals surface area contributed by atoms with Gasteiger partial charge in [0, 0.05) is 28.8 Å². The van der Waals surface area contributed by atoms with Gasteiger partial charge in [-0.2, -0.15) is 0 Å². The number of pyridine rings is 1. The van der Waals surface area contributed by atoms with Crippen molar-refractivity contribution in [2.45, 2.75) is 0 Å². The Morgan fingerprint density at radius 3 is 2.32 bits per heavy atom. The van der Waals surface area contributed by atoms with Gasteiger partial charge >= 0.3 is 0 Å². The molecule has 3 aromatic carbocycles. The molecular weight excluding hydrogens is 353 g/mol. The first-order chi connectivity index (χ1) is 12.2. The molecule has 0 radical (unpaired) electrons. The van der Waals surface area contributed by atoms with Crippen molar-refractivity contribution in [3.05, 3.63) is 99.3 Å². The van der Waals surface area contributed by atoms with Crippen LogP contribution in [0, 0.1) is 0 Å². The summed E-state index contributed by atoms with van der Waals surface area (Å²) in [5.41, 5.74) is 3.59. The average Bonchev–Trinajstić information content (AvgIpc) is 2.65. The summed E-state index contributed by atoms with van der Waals surface area (Å²) in [6.45, 7) is 0. The fourth-order valence-electron chi connectivity index (χ4n) is 3.04. The molecule has 0 unspecified atom stereocenters. The molecule has 0 aliphatic rings. The van der Waals surface area contributed by atoms with Gasteiger partial charge in [-0.3, -0.25) is 4.79 Å². The SMILES string of the molecule is O=c1ccn(-c2ccccc2-c2cccc(Cl)c2Cl)c2ccccc12. The second-order valence-electron chi connectivity index (χ2n) is 5.69. The topological polar surface area (TPSA) is 22.0 Å². The second-order valence-corrected chi connectivity index (χ2v) is 6.47. The van der Waals surface area contributed by atoms with Crippen molar-refractivity contribution in [1.82, 2.24) is 4.57 Å². The predicted octanol–water partition coefficient (Wildman–Crippen LogP) is 5.96. The maximum absolute atomic E-state index is 12.2. The van der Waals surface area contributed by atoms with Crippen LogP contribution >= 0.6 is 23.2 Å². The predicted molar refractivity (Wildman–Crippen MR) is 105 cm³/mol. The summed E-state index contributed by atoms with van der Waals surface area (Å²) < 4.78 is 2.00. The van der Waals surface area contributed by atoms with Crippen molar-refractivity contribution in [3.63, 3.8) is 0 Å². The molecule has 1 heterocycles. The molecule has 25 heavy (non-hydrogen) atoms. The molecule has 0 saturated carbocycles. The van der Waals surface area contributed by atoms with Gasteiger partial charge in [0.15, 0.2) is 5.43 Å². The maximum Gasteiger partial charge on any atom is 0.189 e. The number of halogens is 2. The summed E-state index contributed by atoms with van der Waals surface area (Å²) in [5, 5.41) is 1.71. The summed E-state index contributed by atoms with van der Waals surface area (Å²) in [4.78, 5) is 12.2. The van der Waals surface area contributed by atoms with E-state index in [9.17, 15) is 4.79 Å². The number of para-hydroxylation sites is 2. The van der Waals surface area contributed by atoms with Gasteiger partial charge in [-0.05, 0) is 24.3 Å². The molecule has 0 aliphatic carbocycles. The zero-order valence-corrected chi connectivity index (χ0v) is 14.6. The molecule has 0 bridgehead atoms. The average molecular weight is 366 g/mol. The Morgan fingerprint density at radius 2 is 1.44 bits per heavy atom. The van der Waals surface area contributed by atoms with Gasteiger partial charge in [0.1, 0.15) is 0 Å². The lowest BCUT2D eigenvalue weighted by Gasteiger charge is -2.16. The molecule has 4 heteroatoms. The van der Waals surface area contributed by atoms with Crippen LogP contribution in [0.25, 0.3) is 27.7 Å². The monoisotopic (exact) mass is 365 g/mol. The lowest BCUT2D eigenvalue weighted by atomic mass is 10.0. The molecule has 1 aromatic heterocycles. The molecular formula is C21H13Cl2NO. The van der Waals surface area contributed by atoms with Gasteiger partial charge < -0.3 is 4.57 Å². The fourth-order valence-corrected chi connectivity index (χ4v) is 3.44. The summed E-state index contributed by atoms with van der Waals surface area (Å²) in [6, 6.07) is 22.7. The van der Waals surface area contributed by atoms with E-state index in [1.807, 2.05) is 65.2 Å². The van der Waals surface area contributed by atoms with Crippen LogP contribution in [0.1, 0.15) is 0 Å². The lowest BCUT2D eigenvalue weighted by Crippen LogP contribution is -2.07. The van der Waals surface area contributed by atoms with Crippen LogP contribution in [0.4, 0.5) is 0 Å². The summed E-state index contributed by atoms with van der Waals surface area (Å²) >= 11 is 12.6. The van der Waals surface area contributed by atoms with Crippen molar-refractivity contribution in [3.8, 4) is 16.8 Å². The molecule has 0 fully saturated rings. The third-order valence-corrected chi connectivity index (χ3v) is 5.03. The Labute approximate surface area is 154 Å². The minimum absolute atomic E-state index is 0.00474. The molecule has 0 N–H and O–H groups in total. The largest absolute Gasteiger partial charge is 0.316 e. The van der Waals surface area contributed by atoms with Gasteiger partial charge in [0.25, 0.3) is 0 Å². The third-order valence-electron chi connectivity index (χ3n) is 4.21. The molecule has 0 amide bonds. The van der Waals surface area contributed by atoms with Crippen LogP contribution in [0.2, 0.25) is 10.0 Å². The number of nitrogens with zero attached hydrogens (tertiary/aromatic N) is 1. The van der Waals surface area contributed by atoms with Gasteiger partial charge in [-0.25, -0.2) is 0 Å². The van der Waals surface area contributed by atoms with E-state index in [2.05, 4.69) is 0 Å². The number of hydrogen-bond acceptors (Lipinski definition) is 1. The highest BCUT2D eigenvalue weighted by atomic mass is 35.5. The minimum Gasteiger partial charge on any atom is -0.316 e. The normalized spacial score (nSPS) is 11.0. The van der Waals surface area contributed by atoms with E-state index < -0.39 is 0 Å². The maximum atomic E-state index is 12.2. The molecule has 4 rings (SSSR count). The Bertz CT molecular complexity index is 1150. The van der Waals surface area contributed by atoms with Gasteiger partial charge in [0.05, 0.1) is 21.2 Å². The zero-order chi connectivity index (χ0) is 17.4. The van der Waals surface area contributed by atoms with Gasteiger partial charge in [-0.1, -0.05) is 65.7 Å². The highest BCUT2D eigenvalue weighted by Crippen LogP contribution is 2.36. The van der Waals surface area contributed by atoms with E-state index in [1.54, 1.807) is 18.3 Å². The molecule has 2 nitrogen and oxygen atoms in total. The van der Waals surface area contributed by atoms with Crippen molar-refractivity contribution >= 4 is 34.1 Å².